The summed E-state index contributed by atoms with van der Waals surface area (Å²) in [6.45, 7) is 6.03. The summed E-state index contributed by atoms with van der Waals surface area (Å²) in [5.41, 5.74) is 0.729. The van der Waals surface area contributed by atoms with Crippen LogP contribution in [0.4, 0.5) is 0 Å². The van der Waals surface area contributed by atoms with Crippen LogP contribution in [0.15, 0.2) is 24.3 Å². The third kappa shape index (κ3) is 4.44. The number of carbonyl (C=O) groups is 1. The van der Waals surface area contributed by atoms with E-state index in [1.165, 1.54) is 11.3 Å². The Morgan fingerprint density at radius 2 is 2.05 bits per heavy atom. The predicted molar refractivity (Wildman–Crippen MR) is 85.2 cm³/mol. The van der Waals surface area contributed by atoms with Gasteiger partial charge in [0.1, 0.15) is 22.2 Å². The molecule has 1 aromatic carbocycles. The molecule has 0 unspecified atom stereocenters. The fraction of sp³-hybridized carbons (Fsp3) is 0.333. The van der Waals surface area contributed by atoms with E-state index < -0.39 is 0 Å². The Morgan fingerprint density at radius 1 is 1.38 bits per heavy atom. The second kappa shape index (κ2) is 6.91. The van der Waals surface area contributed by atoms with Crippen LogP contribution in [0, 0.1) is 6.92 Å². The molecule has 1 aromatic heterocycles. The van der Waals surface area contributed by atoms with E-state index >= 15 is 0 Å². The summed E-state index contributed by atoms with van der Waals surface area (Å²) in [7, 11) is 0. The lowest BCUT2D eigenvalue weighted by Gasteiger charge is -2.06. The van der Waals surface area contributed by atoms with E-state index in [0.29, 0.717) is 16.5 Å². The Hall–Kier alpha value is -1.59. The molecule has 2 aromatic rings. The number of hydrogen-bond acceptors (Lipinski definition) is 4. The molecule has 1 N–H and O–H groups in total. The standard InChI is InChI=1S/C15H17ClN2O2S/c1-9(2)17-15(19)14-10(3)18-13(21-14)8-20-12-6-4-11(16)5-7-12/h4-7,9H,8H2,1-3H3,(H,17,19). The number of aromatic nitrogens is 1. The lowest BCUT2D eigenvalue weighted by Crippen LogP contribution is -2.29. The normalized spacial score (nSPS) is 10.7. The largest absolute Gasteiger partial charge is 0.486 e. The van der Waals surface area contributed by atoms with Gasteiger partial charge in [-0.2, -0.15) is 0 Å². The van der Waals surface area contributed by atoms with Crippen LogP contribution in [0.25, 0.3) is 0 Å². The van der Waals surface area contributed by atoms with Gasteiger partial charge in [0.25, 0.3) is 5.91 Å². The summed E-state index contributed by atoms with van der Waals surface area (Å²) in [6.07, 6.45) is 0. The number of aryl methyl sites for hydroxylation is 1. The third-order valence-corrected chi connectivity index (χ3v) is 4.02. The van der Waals surface area contributed by atoms with Crippen molar-refractivity contribution in [2.75, 3.05) is 0 Å². The molecule has 0 fully saturated rings. The number of rotatable bonds is 5. The highest BCUT2D eigenvalue weighted by Crippen LogP contribution is 2.21. The van der Waals surface area contributed by atoms with E-state index in [1.54, 1.807) is 24.3 Å². The zero-order valence-corrected chi connectivity index (χ0v) is 13.7. The highest BCUT2D eigenvalue weighted by atomic mass is 35.5. The molecule has 112 valence electrons. The number of nitrogens with zero attached hydrogens (tertiary/aromatic N) is 1. The topological polar surface area (TPSA) is 51.2 Å². The minimum Gasteiger partial charge on any atom is -0.486 e. The van der Waals surface area contributed by atoms with Gasteiger partial charge in [0, 0.05) is 11.1 Å². The van der Waals surface area contributed by atoms with Crippen molar-refractivity contribution in [1.82, 2.24) is 10.3 Å². The van der Waals surface area contributed by atoms with Gasteiger partial charge in [0.15, 0.2) is 0 Å². The van der Waals surface area contributed by atoms with Crippen molar-refractivity contribution in [2.24, 2.45) is 0 Å². The van der Waals surface area contributed by atoms with Gasteiger partial charge < -0.3 is 10.1 Å². The lowest BCUT2D eigenvalue weighted by molar-refractivity contribution is 0.0946. The molecule has 1 amide bonds. The minimum absolute atomic E-state index is 0.0854. The van der Waals surface area contributed by atoms with Crippen LogP contribution in [-0.4, -0.2) is 16.9 Å². The first-order chi connectivity index (χ1) is 9.95. The first-order valence-electron chi connectivity index (χ1n) is 6.61. The first-order valence-corrected chi connectivity index (χ1v) is 7.80. The van der Waals surface area contributed by atoms with E-state index in [0.717, 1.165) is 16.5 Å². The predicted octanol–water partition coefficient (Wildman–Crippen LogP) is 3.82. The minimum atomic E-state index is -0.0854. The van der Waals surface area contributed by atoms with Gasteiger partial charge in [-0.05, 0) is 45.0 Å². The van der Waals surface area contributed by atoms with Gasteiger partial charge in [0.2, 0.25) is 0 Å². The number of benzene rings is 1. The second-order valence-corrected chi connectivity index (χ2v) is 6.41. The summed E-state index contributed by atoms with van der Waals surface area (Å²) >= 11 is 7.18. The van der Waals surface area contributed by atoms with Crippen molar-refractivity contribution in [3.05, 3.63) is 44.9 Å². The van der Waals surface area contributed by atoms with Gasteiger partial charge in [-0.3, -0.25) is 4.79 Å². The first kappa shape index (κ1) is 15.8. The van der Waals surface area contributed by atoms with E-state index in [4.69, 9.17) is 16.3 Å². The molecule has 21 heavy (non-hydrogen) atoms. The molecule has 0 aliphatic heterocycles. The van der Waals surface area contributed by atoms with E-state index in [2.05, 4.69) is 10.3 Å². The molecular weight excluding hydrogens is 308 g/mol. The molecule has 0 bridgehead atoms. The van der Waals surface area contributed by atoms with Gasteiger partial charge >= 0.3 is 0 Å². The van der Waals surface area contributed by atoms with E-state index in [-0.39, 0.29) is 11.9 Å². The molecule has 0 atom stereocenters. The second-order valence-electron chi connectivity index (χ2n) is 4.89. The number of amides is 1. The Balaban J connectivity index is 2.01. The average molecular weight is 325 g/mol. The van der Waals surface area contributed by atoms with E-state index in [1.807, 2.05) is 20.8 Å². The summed E-state index contributed by atoms with van der Waals surface area (Å²) in [5.74, 6) is 0.637. The monoisotopic (exact) mass is 324 g/mol. The highest BCUT2D eigenvalue weighted by molar-refractivity contribution is 7.13. The number of thiazole rings is 1. The SMILES string of the molecule is Cc1nc(COc2ccc(Cl)cc2)sc1C(=O)NC(C)C. The lowest BCUT2D eigenvalue weighted by atomic mass is 10.3. The van der Waals surface area contributed by atoms with Crippen LogP contribution in [0.5, 0.6) is 5.75 Å². The molecule has 0 radical (unpaired) electrons. The fourth-order valence-corrected chi connectivity index (χ4v) is 2.74. The molecule has 2 rings (SSSR count). The molecule has 1 heterocycles. The molecule has 0 saturated heterocycles. The maximum Gasteiger partial charge on any atom is 0.263 e. The van der Waals surface area contributed by atoms with Crippen LogP contribution in [0.1, 0.15) is 34.2 Å². The van der Waals surface area contributed by atoms with Crippen molar-refractivity contribution in [1.29, 1.82) is 0 Å². The molecular formula is C15H17ClN2O2S. The van der Waals surface area contributed by atoms with Crippen molar-refractivity contribution in [3.8, 4) is 5.75 Å². The number of nitrogens with one attached hydrogen (secondary N) is 1. The van der Waals surface area contributed by atoms with Crippen LogP contribution in [-0.2, 0) is 6.61 Å². The van der Waals surface area contributed by atoms with Gasteiger partial charge in [0.05, 0.1) is 5.69 Å². The van der Waals surface area contributed by atoms with Gasteiger partial charge in [-0.25, -0.2) is 4.98 Å². The summed E-state index contributed by atoms with van der Waals surface area (Å²) in [6, 6.07) is 7.24. The number of carbonyl (C=O) groups excluding carboxylic acids is 1. The summed E-state index contributed by atoms with van der Waals surface area (Å²) in [5, 5.41) is 4.31. The van der Waals surface area contributed by atoms with Crippen molar-refractivity contribution < 1.29 is 9.53 Å². The molecule has 0 aliphatic rings. The van der Waals surface area contributed by atoms with Crippen LogP contribution in [0.2, 0.25) is 5.02 Å². The Labute approximate surface area is 133 Å². The third-order valence-electron chi connectivity index (χ3n) is 2.64. The van der Waals surface area contributed by atoms with Gasteiger partial charge in [-0.1, -0.05) is 11.6 Å². The Morgan fingerprint density at radius 3 is 2.67 bits per heavy atom. The number of halogens is 1. The fourth-order valence-electron chi connectivity index (χ4n) is 1.73. The number of hydrogen-bond donors (Lipinski definition) is 1. The van der Waals surface area contributed by atoms with Crippen LogP contribution < -0.4 is 10.1 Å². The zero-order chi connectivity index (χ0) is 15.4. The maximum absolute atomic E-state index is 12.0. The highest BCUT2D eigenvalue weighted by Gasteiger charge is 2.16. The van der Waals surface area contributed by atoms with Crippen LogP contribution in [0.3, 0.4) is 0 Å². The maximum atomic E-state index is 12.0. The smallest absolute Gasteiger partial charge is 0.263 e. The molecule has 6 heteroatoms. The molecule has 0 spiro atoms. The van der Waals surface area contributed by atoms with Crippen molar-refractivity contribution in [3.63, 3.8) is 0 Å². The molecule has 0 aliphatic carbocycles. The zero-order valence-electron chi connectivity index (χ0n) is 12.1. The Kier molecular flexibility index (Phi) is 5.20. The van der Waals surface area contributed by atoms with Gasteiger partial charge in [-0.15, -0.1) is 11.3 Å². The molecule has 0 saturated carbocycles. The van der Waals surface area contributed by atoms with Crippen molar-refractivity contribution in [2.45, 2.75) is 33.4 Å². The summed E-state index contributed by atoms with van der Waals surface area (Å²) in [4.78, 5) is 17.0. The number of ether oxygens (including phenoxy) is 1. The quantitative estimate of drug-likeness (QED) is 0.909. The average Bonchev–Trinajstić information content (AvgIpc) is 2.79. The summed E-state index contributed by atoms with van der Waals surface area (Å²) < 4.78 is 5.63. The Bertz CT molecular complexity index is 623. The van der Waals surface area contributed by atoms with E-state index in [9.17, 15) is 4.79 Å². The van der Waals surface area contributed by atoms with Crippen molar-refractivity contribution >= 4 is 28.8 Å². The van der Waals surface area contributed by atoms with Crippen LogP contribution >= 0.6 is 22.9 Å². The molecule has 4 nitrogen and oxygen atoms in total.